The van der Waals surface area contributed by atoms with Crippen molar-refractivity contribution in [2.45, 2.75) is 38.5 Å². The Labute approximate surface area is 146 Å². The number of phenols is 2. The highest BCUT2D eigenvalue weighted by atomic mass is 35.5. The molecule has 2 aromatic carbocycles. The van der Waals surface area contributed by atoms with Gasteiger partial charge in [-0.1, -0.05) is 18.5 Å². The lowest BCUT2D eigenvalue weighted by Gasteiger charge is -2.24. The van der Waals surface area contributed by atoms with Gasteiger partial charge in [0.1, 0.15) is 23.4 Å². The van der Waals surface area contributed by atoms with Crippen molar-refractivity contribution in [1.29, 1.82) is 0 Å². The predicted molar refractivity (Wildman–Crippen MR) is 93.5 cm³/mol. The van der Waals surface area contributed by atoms with E-state index in [0.717, 1.165) is 5.56 Å². The number of phenolic OH excluding ortho intramolecular Hbond substituents is 2. The SMILES string of the molecule is CCc1cc(C2NNC(C)C2Oc2ccc(Cl)cc2)c(O)cc1O. The molecule has 2 aromatic rings. The molecule has 1 heterocycles. The summed E-state index contributed by atoms with van der Waals surface area (Å²) in [6.07, 6.45) is 0.448. The number of nitrogens with one attached hydrogen (secondary N) is 2. The molecule has 0 amide bonds. The van der Waals surface area contributed by atoms with Crippen LogP contribution >= 0.6 is 11.6 Å². The average Bonchev–Trinajstić information content (AvgIpc) is 2.91. The van der Waals surface area contributed by atoms with E-state index in [-0.39, 0.29) is 29.7 Å². The predicted octanol–water partition coefficient (Wildman–Crippen LogP) is 3.30. The topological polar surface area (TPSA) is 73.8 Å². The number of rotatable bonds is 4. The van der Waals surface area contributed by atoms with Gasteiger partial charge < -0.3 is 14.9 Å². The van der Waals surface area contributed by atoms with Crippen LogP contribution in [0.15, 0.2) is 36.4 Å². The summed E-state index contributed by atoms with van der Waals surface area (Å²) in [5.41, 5.74) is 7.81. The molecule has 0 bridgehead atoms. The van der Waals surface area contributed by atoms with Gasteiger partial charge in [-0.2, -0.15) is 0 Å². The van der Waals surface area contributed by atoms with Crippen molar-refractivity contribution in [3.63, 3.8) is 0 Å². The summed E-state index contributed by atoms with van der Waals surface area (Å²) in [7, 11) is 0. The van der Waals surface area contributed by atoms with Gasteiger partial charge in [0.25, 0.3) is 0 Å². The third-order valence-electron chi connectivity index (χ3n) is 4.32. The van der Waals surface area contributed by atoms with E-state index in [1.54, 1.807) is 12.1 Å². The Balaban J connectivity index is 1.90. The molecule has 6 heteroatoms. The highest BCUT2D eigenvalue weighted by molar-refractivity contribution is 6.30. The first-order chi connectivity index (χ1) is 11.5. The second-order valence-corrected chi connectivity index (χ2v) is 6.42. The minimum absolute atomic E-state index is 0.0314. The van der Waals surface area contributed by atoms with Gasteiger partial charge in [-0.15, -0.1) is 0 Å². The summed E-state index contributed by atoms with van der Waals surface area (Å²) >= 11 is 5.91. The van der Waals surface area contributed by atoms with Crippen LogP contribution in [0.3, 0.4) is 0 Å². The average molecular weight is 349 g/mol. The summed E-state index contributed by atoms with van der Waals surface area (Å²) in [5, 5.41) is 20.8. The molecule has 128 valence electrons. The molecule has 0 aromatic heterocycles. The number of aryl methyl sites for hydroxylation is 1. The second kappa shape index (κ2) is 6.89. The van der Waals surface area contributed by atoms with E-state index in [1.165, 1.54) is 6.07 Å². The van der Waals surface area contributed by atoms with Crippen molar-refractivity contribution in [3.05, 3.63) is 52.5 Å². The summed E-state index contributed by atoms with van der Waals surface area (Å²) < 4.78 is 6.11. The number of benzene rings is 2. The first-order valence-electron chi connectivity index (χ1n) is 7.97. The van der Waals surface area contributed by atoms with Crippen molar-refractivity contribution >= 4 is 11.6 Å². The van der Waals surface area contributed by atoms with E-state index in [9.17, 15) is 10.2 Å². The van der Waals surface area contributed by atoms with Crippen LogP contribution in [0, 0.1) is 0 Å². The first kappa shape index (κ1) is 16.9. The summed E-state index contributed by atoms with van der Waals surface area (Å²) in [6, 6.07) is 10.2. The van der Waals surface area contributed by atoms with E-state index in [2.05, 4.69) is 10.9 Å². The van der Waals surface area contributed by atoms with E-state index < -0.39 is 0 Å². The third kappa shape index (κ3) is 3.29. The molecule has 1 aliphatic rings. The van der Waals surface area contributed by atoms with Crippen LogP contribution < -0.4 is 15.6 Å². The van der Waals surface area contributed by atoms with Crippen LogP contribution in [0.2, 0.25) is 5.02 Å². The minimum Gasteiger partial charge on any atom is -0.508 e. The molecule has 1 fully saturated rings. The monoisotopic (exact) mass is 348 g/mol. The number of hydrogen-bond donors (Lipinski definition) is 4. The molecule has 0 saturated carbocycles. The number of aromatic hydroxyl groups is 2. The Hall–Kier alpha value is -1.95. The maximum absolute atomic E-state index is 10.3. The van der Waals surface area contributed by atoms with Crippen molar-refractivity contribution in [3.8, 4) is 17.2 Å². The van der Waals surface area contributed by atoms with E-state index in [4.69, 9.17) is 16.3 Å². The first-order valence-corrected chi connectivity index (χ1v) is 8.35. The molecular weight excluding hydrogens is 328 g/mol. The largest absolute Gasteiger partial charge is 0.508 e. The Morgan fingerprint density at radius 2 is 1.79 bits per heavy atom. The van der Waals surface area contributed by atoms with Gasteiger partial charge in [-0.3, -0.25) is 5.43 Å². The van der Waals surface area contributed by atoms with Gasteiger partial charge in [0.05, 0.1) is 12.1 Å². The lowest BCUT2D eigenvalue weighted by Crippen LogP contribution is -2.33. The molecule has 24 heavy (non-hydrogen) atoms. The van der Waals surface area contributed by atoms with Gasteiger partial charge in [-0.05, 0) is 49.2 Å². The highest BCUT2D eigenvalue weighted by Crippen LogP contribution is 2.36. The number of hydrazine groups is 1. The molecule has 0 spiro atoms. The lowest BCUT2D eigenvalue weighted by molar-refractivity contribution is 0.170. The van der Waals surface area contributed by atoms with Crippen LogP contribution in [-0.4, -0.2) is 22.4 Å². The molecule has 3 rings (SSSR count). The van der Waals surface area contributed by atoms with Crippen molar-refractivity contribution in [2.75, 3.05) is 0 Å². The van der Waals surface area contributed by atoms with Crippen LogP contribution in [0.1, 0.15) is 31.0 Å². The number of ether oxygens (including phenoxy) is 1. The van der Waals surface area contributed by atoms with Crippen LogP contribution in [0.25, 0.3) is 0 Å². The smallest absolute Gasteiger partial charge is 0.136 e. The third-order valence-corrected chi connectivity index (χ3v) is 4.57. The number of halogens is 1. The fourth-order valence-corrected chi connectivity index (χ4v) is 3.07. The highest BCUT2D eigenvalue weighted by Gasteiger charge is 2.37. The summed E-state index contributed by atoms with van der Waals surface area (Å²) in [5.74, 6) is 0.858. The molecule has 1 aliphatic heterocycles. The maximum atomic E-state index is 10.3. The zero-order valence-electron chi connectivity index (χ0n) is 13.6. The van der Waals surface area contributed by atoms with Gasteiger partial charge in [0, 0.05) is 16.7 Å². The Kier molecular flexibility index (Phi) is 4.85. The van der Waals surface area contributed by atoms with Gasteiger partial charge >= 0.3 is 0 Å². The van der Waals surface area contributed by atoms with Crippen molar-refractivity contribution < 1.29 is 14.9 Å². The molecular formula is C18H21ClN2O3. The zero-order valence-corrected chi connectivity index (χ0v) is 14.3. The lowest BCUT2D eigenvalue weighted by atomic mass is 9.95. The Morgan fingerprint density at radius 3 is 2.46 bits per heavy atom. The zero-order chi connectivity index (χ0) is 17.3. The molecule has 0 radical (unpaired) electrons. The van der Waals surface area contributed by atoms with E-state index >= 15 is 0 Å². The maximum Gasteiger partial charge on any atom is 0.136 e. The van der Waals surface area contributed by atoms with Crippen molar-refractivity contribution in [2.24, 2.45) is 0 Å². The van der Waals surface area contributed by atoms with Crippen molar-refractivity contribution in [1.82, 2.24) is 10.9 Å². The molecule has 4 N–H and O–H groups in total. The molecule has 3 atom stereocenters. The quantitative estimate of drug-likeness (QED) is 0.682. The summed E-state index contributed by atoms with van der Waals surface area (Å²) in [4.78, 5) is 0. The van der Waals surface area contributed by atoms with E-state index in [1.807, 2.05) is 32.0 Å². The Morgan fingerprint density at radius 1 is 1.08 bits per heavy atom. The fraction of sp³-hybridized carbons (Fsp3) is 0.333. The molecule has 3 unspecified atom stereocenters. The van der Waals surface area contributed by atoms with Gasteiger partial charge in [-0.25, -0.2) is 5.43 Å². The molecule has 1 saturated heterocycles. The van der Waals surface area contributed by atoms with Crippen LogP contribution in [-0.2, 0) is 6.42 Å². The van der Waals surface area contributed by atoms with Crippen LogP contribution in [0.5, 0.6) is 17.2 Å². The van der Waals surface area contributed by atoms with Gasteiger partial charge in [0.2, 0.25) is 0 Å². The van der Waals surface area contributed by atoms with Crippen LogP contribution in [0.4, 0.5) is 0 Å². The number of hydrogen-bond acceptors (Lipinski definition) is 5. The van der Waals surface area contributed by atoms with E-state index in [0.29, 0.717) is 22.8 Å². The standard InChI is InChI=1S/C18H21ClN2O3/c1-3-11-8-14(16(23)9-15(11)22)17-18(10(2)20-21-17)24-13-6-4-12(19)5-7-13/h4-10,17-18,20-23H,3H2,1-2H3. The minimum atomic E-state index is -0.249. The normalized spacial score (nSPS) is 23.4. The van der Waals surface area contributed by atoms with Gasteiger partial charge in [0.15, 0.2) is 0 Å². The molecule has 0 aliphatic carbocycles. The second-order valence-electron chi connectivity index (χ2n) is 5.98. The summed E-state index contributed by atoms with van der Waals surface area (Å²) in [6.45, 7) is 3.96. The molecule has 5 nitrogen and oxygen atoms in total. The fourth-order valence-electron chi connectivity index (χ4n) is 2.94. The Bertz CT molecular complexity index is 721.